The summed E-state index contributed by atoms with van der Waals surface area (Å²) < 4.78 is 5.42. The highest BCUT2D eigenvalue weighted by atomic mass is 16.5. The number of ether oxygens (including phenoxy) is 1. The molecule has 0 saturated carbocycles. The molecule has 0 unspecified atom stereocenters. The van der Waals surface area contributed by atoms with Crippen LogP contribution in [0.25, 0.3) is 0 Å². The van der Waals surface area contributed by atoms with Crippen LogP contribution in [0.1, 0.15) is 20.3 Å². The van der Waals surface area contributed by atoms with Crippen molar-refractivity contribution in [2.24, 2.45) is 0 Å². The number of rotatable bonds is 5. The minimum atomic E-state index is 0.474. The number of anilines is 2. The van der Waals surface area contributed by atoms with E-state index in [0.29, 0.717) is 18.2 Å². The summed E-state index contributed by atoms with van der Waals surface area (Å²) in [5, 5.41) is 0. The number of nitrogen functional groups attached to an aromatic ring is 1. The van der Waals surface area contributed by atoms with E-state index in [2.05, 4.69) is 9.97 Å². The smallest absolute Gasteiger partial charge is 0.242 e. The summed E-state index contributed by atoms with van der Waals surface area (Å²) in [5.74, 6) is 1.20. The molecule has 0 amide bonds. The molecule has 84 valence electrons. The maximum Gasteiger partial charge on any atom is 0.242 e. The molecule has 0 aliphatic heterocycles. The van der Waals surface area contributed by atoms with Gasteiger partial charge in [-0.1, -0.05) is 6.92 Å². The van der Waals surface area contributed by atoms with E-state index in [9.17, 15) is 0 Å². The van der Waals surface area contributed by atoms with Crippen LogP contribution in [0, 0.1) is 0 Å². The topological polar surface area (TPSA) is 64.3 Å². The van der Waals surface area contributed by atoms with Gasteiger partial charge < -0.3 is 15.4 Å². The summed E-state index contributed by atoms with van der Waals surface area (Å²) in [6, 6.07) is 0. The van der Waals surface area contributed by atoms with Crippen molar-refractivity contribution in [1.82, 2.24) is 9.97 Å². The van der Waals surface area contributed by atoms with Gasteiger partial charge in [-0.2, -0.15) is 4.98 Å². The van der Waals surface area contributed by atoms with E-state index in [1.807, 2.05) is 25.8 Å². The highest BCUT2D eigenvalue weighted by Crippen LogP contribution is 2.26. The molecule has 0 saturated heterocycles. The van der Waals surface area contributed by atoms with E-state index in [1.54, 1.807) is 0 Å². The Morgan fingerprint density at radius 3 is 2.73 bits per heavy atom. The summed E-state index contributed by atoms with van der Waals surface area (Å²) in [4.78, 5) is 10.1. The number of aromatic nitrogens is 2. The predicted octanol–water partition coefficient (Wildman–Crippen LogP) is 1.30. The molecule has 2 N–H and O–H groups in total. The molecule has 1 aromatic heterocycles. The Balaban J connectivity index is 2.90. The lowest BCUT2D eigenvalue weighted by atomic mass is 10.4. The monoisotopic (exact) mass is 210 g/mol. The zero-order valence-electron chi connectivity index (χ0n) is 9.53. The van der Waals surface area contributed by atoms with Gasteiger partial charge in [-0.15, -0.1) is 0 Å². The molecule has 0 bridgehead atoms. The number of nitrogens with two attached hydrogens (primary N) is 1. The van der Waals surface area contributed by atoms with Crippen LogP contribution in [-0.4, -0.2) is 30.2 Å². The summed E-state index contributed by atoms with van der Waals surface area (Å²) in [5.41, 5.74) is 6.42. The fourth-order valence-corrected chi connectivity index (χ4v) is 1.14. The molecule has 5 heteroatoms. The molecule has 1 heterocycles. The largest absolute Gasteiger partial charge is 0.476 e. The minimum absolute atomic E-state index is 0.474. The van der Waals surface area contributed by atoms with E-state index in [0.717, 1.165) is 18.8 Å². The molecule has 0 radical (unpaired) electrons. The van der Waals surface area contributed by atoms with Gasteiger partial charge in [-0.05, 0) is 13.3 Å². The molecule has 0 aliphatic carbocycles. The van der Waals surface area contributed by atoms with Gasteiger partial charge in [0.25, 0.3) is 0 Å². The lowest BCUT2D eigenvalue weighted by Gasteiger charge is -2.18. The standard InChI is InChI=1S/C10H18N4O/c1-4-6-15-10-8(11)9(12-7-13-10)14(3)5-2/h7H,4-6,11H2,1-3H3. The van der Waals surface area contributed by atoms with Gasteiger partial charge in [0.15, 0.2) is 5.82 Å². The van der Waals surface area contributed by atoms with E-state index >= 15 is 0 Å². The van der Waals surface area contributed by atoms with E-state index in [1.165, 1.54) is 6.33 Å². The summed E-state index contributed by atoms with van der Waals surface area (Å²) in [7, 11) is 1.93. The van der Waals surface area contributed by atoms with Crippen molar-refractivity contribution < 1.29 is 4.74 Å². The fraction of sp³-hybridized carbons (Fsp3) is 0.600. The summed E-state index contributed by atoms with van der Waals surface area (Å²) in [6.45, 7) is 5.54. The van der Waals surface area contributed by atoms with Gasteiger partial charge in [0, 0.05) is 13.6 Å². The highest BCUT2D eigenvalue weighted by molar-refractivity contribution is 5.67. The van der Waals surface area contributed by atoms with Gasteiger partial charge in [0.1, 0.15) is 12.0 Å². The Bertz CT molecular complexity index is 316. The first kappa shape index (κ1) is 11.6. The van der Waals surface area contributed by atoms with E-state index < -0.39 is 0 Å². The van der Waals surface area contributed by atoms with Crippen molar-refractivity contribution >= 4 is 11.5 Å². The van der Waals surface area contributed by atoms with Gasteiger partial charge in [0.2, 0.25) is 5.88 Å². The van der Waals surface area contributed by atoms with Crippen molar-refractivity contribution in [1.29, 1.82) is 0 Å². The average Bonchev–Trinajstić information content (AvgIpc) is 2.27. The number of nitrogens with zero attached hydrogens (tertiary/aromatic N) is 3. The molecule has 0 aliphatic rings. The van der Waals surface area contributed by atoms with Crippen LogP contribution in [0.15, 0.2) is 6.33 Å². The maximum absolute atomic E-state index is 5.91. The first-order valence-corrected chi connectivity index (χ1v) is 5.15. The molecule has 0 spiro atoms. The Labute approximate surface area is 90.3 Å². The van der Waals surface area contributed by atoms with Gasteiger partial charge in [0.05, 0.1) is 6.61 Å². The molecular weight excluding hydrogens is 192 g/mol. The van der Waals surface area contributed by atoms with Crippen LogP contribution in [0.2, 0.25) is 0 Å². The number of hydrogen-bond donors (Lipinski definition) is 1. The van der Waals surface area contributed by atoms with Crippen molar-refractivity contribution in [3.63, 3.8) is 0 Å². The van der Waals surface area contributed by atoms with Crippen LogP contribution < -0.4 is 15.4 Å². The van der Waals surface area contributed by atoms with Crippen LogP contribution in [0.5, 0.6) is 5.88 Å². The second-order valence-corrected chi connectivity index (χ2v) is 3.28. The Morgan fingerprint density at radius 2 is 2.13 bits per heavy atom. The highest BCUT2D eigenvalue weighted by Gasteiger charge is 2.11. The molecule has 15 heavy (non-hydrogen) atoms. The number of hydrogen-bond acceptors (Lipinski definition) is 5. The zero-order chi connectivity index (χ0) is 11.3. The normalized spacial score (nSPS) is 10.1. The van der Waals surface area contributed by atoms with Crippen LogP contribution in [0.4, 0.5) is 11.5 Å². The quantitative estimate of drug-likeness (QED) is 0.793. The first-order chi connectivity index (χ1) is 7.20. The molecule has 0 atom stereocenters. The zero-order valence-corrected chi connectivity index (χ0v) is 9.53. The second-order valence-electron chi connectivity index (χ2n) is 3.28. The van der Waals surface area contributed by atoms with Gasteiger partial charge in [-0.3, -0.25) is 0 Å². The Morgan fingerprint density at radius 1 is 1.40 bits per heavy atom. The Kier molecular flexibility index (Phi) is 4.15. The van der Waals surface area contributed by atoms with Crippen LogP contribution >= 0.6 is 0 Å². The van der Waals surface area contributed by atoms with E-state index in [-0.39, 0.29) is 0 Å². The molecule has 0 aromatic carbocycles. The van der Waals surface area contributed by atoms with Crippen LogP contribution in [-0.2, 0) is 0 Å². The molecular formula is C10H18N4O. The second kappa shape index (κ2) is 5.38. The van der Waals surface area contributed by atoms with Crippen LogP contribution in [0.3, 0.4) is 0 Å². The molecule has 0 fully saturated rings. The predicted molar refractivity (Wildman–Crippen MR) is 61.2 cm³/mol. The fourth-order valence-electron chi connectivity index (χ4n) is 1.14. The molecule has 1 aromatic rings. The summed E-state index contributed by atoms with van der Waals surface area (Å²) in [6.07, 6.45) is 2.41. The van der Waals surface area contributed by atoms with Gasteiger partial charge >= 0.3 is 0 Å². The minimum Gasteiger partial charge on any atom is -0.476 e. The average molecular weight is 210 g/mol. The third-order valence-corrected chi connectivity index (χ3v) is 2.11. The SMILES string of the molecule is CCCOc1ncnc(N(C)CC)c1N. The third kappa shape index (κ3) is 2.71. The Hall–Kier alpha value is -1.52. The maximum atomic E-state index is 5.91. The lowest BCUT2D eigenvalue weighted by Crippen LogP contribution is -2.19. The molecule has 1 rings (SSSR count). The summed E-state index contributed by atoms with van der Waals surface area (Å²) >= 11 is 0. The van der Waals surface area contributed by atoms with Gasteiger partial charge in [-0.25, -0.2) is 4.98 Å². The van der Waals surface area contributed by atoms with Crippen molar-refractivity contribution in [3.05, 3.63) is 6.33 Å². The van der Waals surface area contributed by atoms with E-state index in [4.69, 9.17) is 10.5 Å². The van der Waals surface area contributed by atoms with Crippen molar-refractivity contribution in [2.45, 2.75) is 20.3 Å². The third-order valence-electron chi connectivity index (χ3n) is 2.11. The van der Waals surface area contributed by atoms with Crippen molar-refractivity contribution in [3.8, 4) is 5.88 Å². The molecule has 5 nitrogen and oxygen atoms in total. The van der Waals surface area contributed by atoms with Crippen molar-refractivity contribution in [2.75, 3.05) is 30.8 Å². The lowest BCUT2D eigenvalue weighted by molar-refractivity contribution is 0.306. The first-order valence-electron chi connectivity index (χ1n) is 5.15.